The van der Waals surface area contributed by atoms with Crippen LogP contribution in [0.4, 0.5) is 0 Å². The van der Waals surface area contributed by atoms with E-state index in [9.17, 15) is 9.90 Å². The second-order valence-corrected chi connectivity index (χ2v) is 14.9. The smallest absolute Gasteiger partial charge is 0.179 e. The number of hydrogen-bond acceptors (Lipinski definition) is 4. The van der Waals surface area contributed by atoms with Crippen LogP contribution in [0.5, 0.6) is 0 Å². The molecule has 36 heavy (non-hydrogen) atoms. The topological polar surface area (TPSA) is 55.8 Å². The Morgan fingerprint density at radius 2 is 1.61 bits per heavy atom. The summed E-state index contributed by atoms with van der Waals surface area (Å²) in [6.07, 6.45) is 10.8. The van der Waals surface area contributed by atoms with Gasteiger partial charge in [0.25, 0.3) is 0 Å². The molecule has 204 valence electrons. The van der Waals surface area contributed by atoms with Crippen LogP contribution < -0.4 is 0 Å². The fraction of sp³-hybridized carbons (Fsp3) is 0.906. The van der Waals surface area contributed by atoms with Crippen LogP contribution in [0.1, 0.15) is 98.8 Å². The van der Waals surface area contributed by atoms with Crippen LogP contribution >= 0.6 is 0 Å². The van der Waals surface area contributed by atoms with E-state index in [-0.39, 0.29) is 40.0 Å². The average molecular weight is 501 g/mol. The molecule has 5 aliphatic carbocycles. The third-order valence-electron chi connectivity index (χ3n) is 13.9. The van der Waals surface area contributed by atoms with Crippen molar-refractivity contribution in [2.75, 3.05) is 20.8 Å². The van der Waals surface area contributed by atoms with Gasteiger partial charge in [0, 0.05) is 32.7 Å². The molecule has 1 N–H and O–H groups in total. The zero-order valence-corrected chi connectivity index (χ0v) is 24.1. The predicted molar refractivity (Wildman–Crippen MR) is 143 cm³/mol. The number of carbonyl (C=O) groups is 1. The molecule has 0 saturated heterocycles. The molecule has 0 bridgehead atoms. The molecule has 0 radical (unpaired) electrons. The Hall–Kier alpha value is -0.710. The van der Waals surface area contributed by atoms with Gasteiger partial charge in [-0.2, -0.15) is 0 Å². The molecule has 0 amide bonds. The molecule has 5 fully saturated rings. The number of methoxy groups -OCH3 is 2. The van der Waals surface area contributed by atoms with E-state index in [0.29, 0.717) is 35.4 Å². The van der Waals surface area contributed by atoms with Gasteiger partial charge in [-0.25, -0.2) is 0 Å². The highest BCUT2D eigenvalue weighted by Crippen LogP contribution is 2.77. The van der Waals surface area contributed by atoms with Crippen molar-refractivity contribution in [1.82, 2.24) is 0 Å². The van der Waals surface area contributed by atoms with Crippen LogP contribution in [0.25, 0.3) is 0 Å². The highest BCUT2D eigenvalue weighted by atomic mass is 16.7. The lowest BCUT2D eigenvalue weighted by atomic mass is 9.32. The Labute approximate surface area is 220 Å². The van der Waals surface area contributed by atoms with Crippen molar-refractivity contribution in [3.63, 3.8) is 0 Å². The third-order valence-corrected chi connectivity index (χ3v) is 13.9. The van der Waals surface area contributed by atoms with Crippen LogP contribution in [-0.2, 0) is 14.3 Å². The number of ketones is 1. The van der Waals surface area contributed by atoms with Gasteiger partial charge >= 0.3 is 0 Å². The molecule has 0 aromatic rings. The molecule has 4 unspecified atom stereocenters. The molecule has 0 spiro atoms. The van der Waals surface area contributed by atoms with Gasteiger partial charge in [-0.15, -0.1) is 0 Å². The summed E-state index contributed by atoms with van der Waals surface area (Å²) in [5.74, 6) is 2.99. The molecular formula is C32H52O4. The summed E-state index contributed by atoms with van der Waals surface area (Å²) in [5, 5.41) is 10.8. The van der Waals surface area contributed by atoms with E-state index in [1.165, 1.54) is 32.1 Å². The van der Waals surface area contributed by atoms with Crippen molar-refractivity contribution in [2.24, 2.45) is 56.7 Å². The summed E-state index contributed by atoms with van der Waals surface area (Å²) in [6, 6.07) is 0. The monoisotopic (exact) mass is 500 g/mol. The van der Waals surface area contributed by atoms with E-state index < -0.39 is 0 Å². The highest BCUT2D eigenvalue weighted by molar-refractivity contribution is 5.85. The Morgan fingerprint density at radius 3 is 2.25 bits per heavy atom. The lowest BCUT2D eigenvalue weighted by Crippen LogP contribution is -2.66. The fourth-order valence-electron chi connectivity index (χ4n) is 11.8. The second-order valence-electron chi connectivity index (χ2n) is 14.9. The summed E-state index contributed by atoms with van der Waals surface area (Å²) < 4.78 is 11.4. The minimum atomic E-state index is -0.374. The Morgan fingerprint density at radius 1 is 0.917 bits per heavy atom. The molecule has 5 aliphatic rings. The number of aliphatic hydroxyl groups is 1. The molecule has 5 rings (SSSR count). The number of hydrogen-bond donors (Lipinski definition) is 1. The van der Waals surface area contributed by atoms with Gasteiger partial charge in [-0.1, -0.05) is 41.2 Å². The zero-order valence-electron chi connectivity index (χ0n) is 24.1. The van der Waals surface area contributed by atoms with E-state index in [0.717, 1.165) is 37.7 Å². The minimum Gasteiger partial charge on any atom is -0.396 e. The fourth-order valence-corrected chi connectivity index (χ4v) is 11.8. The van der Waals surface area contributed by atoms with Gasteiger partial charge in [0.15, 0.2) is 6.29 Å². The van der Waals surface area contributed by atoms with Crippen molar-refractivity contribution in [2.45, 2.75) is 105 Å². The van der Waals surface area contributed by atoms with Gasteiger partial charge in [0.1, 0.15) is 5.78 Å². The summed E-state index contributed by atoms with van der Waals surface area (Å²) >= 11 is 0. The van der Waals surface area contributed by atoms with Crippen molar-refractivity contribution < 1.29 is 19.4 Å². The molecule has 0 aromatic carbocycles. The molecule has 0 heterocycles. The maximum atomic E-state index is 13.0. The van der Waals surface area contributed by atoms with Crippen LogP contribution in [-0.4, -0.2) is 38.0 Å². The van der Waals surface area contributed by atoms with Gasteiger partial charge in [-0.05, 0) is 115 Å². The SMILES string of the molecule is C=C(C(OC)OC)[C@@H]1CC[C@]2(CO)CC[C@]3(C)C(CCC4[C@@]5(C)CCC(=O)C(C)(C)C5CC[C@]43C)C12. The summed E-state index contributed by atoms with van der Waals surface area (Å²) in [5.41, 5.74) is 1.61. The number of rotatable bonds is 5. The summed E-state index contributed by atoms with van der Waals surface area (Å²) in [6.45, 7) is 17.1. The Balaban J connectivity index is 1.53. The average Bonchev–Trinajstić information content (AvgIpc) is 3.23. The molecule has 4 heteroatoms. The van der Waals surface area contributed by atoms with Crippen molar-refractivity contribution in [3.8, 4) is 0 Å². The van der Waals surface area contributed by atoms with Crippen LogP contribution in [0.3, 0.4) is 0 Å². The van der Waals surface area contributed by atoms with E-state index in [2.05, 4.69) is 41.2 Å². The first-order valence-electron chi connectivity index (χ1n) is 14.7. The first kappa shape index (κ1) is 26.9. The molecule has 0 aromatic heterocycles. The molecule has 4 nitrogen and oxygen atoms in total. The summed E-state index contributed by atoms with van der Waals surface area (Å²) in [7, 11) is 3.42. The van der Waals surface area contributed by atoms with E-state index in [1.54, 1.807) is 14.2 Å². The standard InChI is InChI=1S/C32H52O4/c1-20(27(35-7)36-8)21-11-16-32(19-33)18-17-30(5)22(26(21)32)9-10-24-29(4)14-13-25(34)28(2,3)23(29)12-15-31(24,30)6/h21-24,26-27,33H,1,9-19H2,2-8H3/t21-,22?,23?,24?,26?,29-,30+,31+,32+/m0/s1. The largest absolute Gasteiger partial charge is 0.396 e. The first-order chi connectivity index (χ1) is 16.9. The van der Waals surface area contributed by atoms with Gasteiger partial charge in [0.2, 0.25) is 0 Å². The number of fused-ring (bicyclic) bond motifs is 7. The van der Waals surface area contributed by atoms with E-state index >= 15 is 0 Å². The Kier molecular flexibility index (Phi) is 6.46. The molecule has 5 saturated carbocycles. The van der Waals surface area contributed by atoms with Crippen LogP contribution in [0.15, 0.2) is 12.2 Å². The summed E-state index contributed by atoms with van der Waals surface area (Å²) in [4.78, 5) is 13.0. The molecular weight excluding hydrogens is 448 g/mol. The zero-order chi connectivity index (χ0) is 26.3. The second kappa shape index (κ2) is 8.65. The van der Waals surface area contributed by atoms with Crippen LogP contribution in [0, 0.1) is 56.7 Å². The lowest BCUT2D eigenvalue weighted by Gasteiger charge is -2.72. The predicted octanol–water partition coefficient (Wildman–Crippen LogP) is 6.80. The quantitative estimate of drug-likeness (QED) is 0.333. The van der Waals surface area contributed by atoms with Crippen LogP contribution in [0.2, 0.25) is 0 Å². The normalized spacial score (nSPS) is 49.7. The molecule has 0 aliphatic heterocycles. The number of aliphatic hydroxyl groups excluding tert-OH is 1. The molecule has 9 atom stereocenters. The van der Waals surface area contributed by atoms with E-state index in [1.807, 2.05) is 0 Å². The number of carbonyl (C=O) groups excluding carboxylic acids is 1. The maximum Gasteiger partial charge on any atom is 0.179 e. The van der Waals surface area contributed by atoms with E-state index in [4.69, 9.17) is 9.47 Å². The number of Topliss-reactive ketones (excluding diaryl/α,β-unsaturated/α-hetero) is 1. The Bertz CT molecular complexity index is 906. The first-order valence-corrected chi connectivity index (χ1v) is 14.7. The van der Waals surface area contributed by atoms with Gasteiger partial charge < -0.3 is 14.6 Å². The van der Waals surface area contributed by atoms with Crippen molar-refractivity contribution in [1.29, 1.82) is 0 Å². The highest BCUT2D eigenvalue weighted by Gasteiger charge is 2.71. The third kappa shape index (κ3) is 3.25. The number of ether oxygens (including phenoxy) is 2. The minimum absolute atomic E-state index is 0.00731. The maximum absolute atomic E-state index is 13.0. The van der Waals surface area contributed by atoms with Crippen molar-refractivity contribution in [3.05, 3.63) is 12.2 Å². The van der Waals surface area contributed by atoms with Gasteiger partial charge in [-0.3, -0.25) is 4.79 Å². The van der Waals surface area contributed by atoms with Gasteiger partial charge in [0.05, 0.1) is 0 Å². The van der Waals surface area contributed by atoms with Crippen molar-refractivity contribution >= 4 is 5.78 Å². The lowest BCUT2D eigenvalue weighted by molar-refractivity contribution is -0.236.